The number of fused-ring (bicyclic) bond motifs is 1. The number of nitrogens with one attached hydrogen (secondary N) is 1. The molecule has 0 bridgehead atoms. The van der Waals surface area contributed by atoms with Gasteiger partial charge in [0.1, 0.15) is 11.2 Å². The van der Waals surface area contributed by atoms with Crippen molar-refractivity contribution in [3.05, 3.63) is 22.4 Å². The van der Waals surface area contributed by atoms with Crippen LogP contribution in [0.2, 0.25) is 0 Å². The van der Waals surface area contributed by atoms with Crippen molar-refractivity contribution in [3.63, 3.8) is 0 Å². The molecule has 8 heteroatoms. The zero-order valence-corrected chi connectivity index (χ0v) is 14.0. The molecular formula is C15H23N5O3. The maximum Gasteiger partial charge on any atom is 0.306 e. The van der Waals surface area contributed by atoms with E-state index in [1.54, 1.807) is 11.7 Å². The van der Waals surface area contributed by atoms with Crippen LogP contribution in [-0.4, -0.2) is 50.8 Å². The van der Waals surface area contributed by atoms with E-state index in [2.05, 4.69) is 38.6 Å². The number of aromatic amines is 1. The van der Waals surface area contributed by atoms with Gasteiger partial charge >= 0.3 is 5.97 Å². The largest absolute Gasteiger partial charge is 0.469 e. The van der Waals surface area contributed by atoms with E-state index >= 15 is 0 Å². The number of ether oxygens (including phenoxy) is 1. The second kappa shape index (κ2) is 7.36. The Morgan fingerprint density at radius 2 is 2.22 bits per heavy atom. The Morgan fingerprint density at radius 1 is 1.48 bits per heavy atom. The Hall–Kier alpha value is -2.22. The van der Waals surface area contributed by atoms with Crippen molar-refractivity contribution in [3.8, 4) is 0 Å². The quantitative estimate of drug-likeness (QED) is 0.754. The van der Waals surface area contributed by atoms with Crippen molar-refractivity contribution < 1.29 is 9.53 Å². The predicted molar refractivity (Wildman–Crippen MR) is 85.9 cm³/mol. The molecule has 0 fully saturated rings. The maximum absolute atomic E-state index is 12.1. The number of methoxy groups -OCH3 is 1. The van der Waals surface area contributed by atoms with E-state index in [0.717, 1.165) is 6.54 Å². The zero-order chi connectivity index (χ0) is 17.0. The van der Waals surface area contributed by atoms with Crippen LogP contribution in [0.15, 0.2) is 11.0 Å². The van der Waals surface area contributed by atoms with Crippen molar-refractivity contribution in [1.29, 1.82) is 0 Å². The molecular weight excluding hydrogens is 298 g/mol. The average molecular weight is 321 g/mol. The first-order chi connectivity index (χ1) is 10.9. The van der Waals surface area contributed by atoms with Crippen LogP contribution in [0, 0.1) is 5.92 Å². The SMILES string of the molecule is COC(=O)CCN(Cc1nc2c(cnn2C)c(=O)[nH]1)CC(C)C. The number of carbonyl (C=O) groups is 1. The smallest absolute Gasteiger partial charge is 0.306 e. The fraction of sp³-hybridized carbons (Fsp3) is 0.600. The van der Waals surface area contributed by atoms with Crippen molar-refractivity contribution in [2.24, 2.45) is 13.0 Å². The summed E-state index contributed by atoms with van der Waals surface area (Å²) in [4.78, 5) is 32.8. The van der Waals surface area contributed by atoms with Gasteiger partial charge in [0, 0.05) is 20.1 Å². The highest BCUT2D eigenvalue weighted by Gasteiger charge is 2.14. The first-order valence-corrected chi connectivity index (χ1v) is 7.60. The van der Waals surface area contributed by atoms with Crippen LogP contribution < -0.4 is 5.56 Å². The highest BCUT2D eigenvalue weighted by Crippen LogP contribution is 2.08. The Labute approximate surface area is 134 Å². The van der Waals surface area contributed by atoms with Gasteiger partial charge in [-0.15, -0.1) is 0 Å². The molecule has 2 rings (SSSR count). The first kappa shape index (κ1) is 17.1. The summed E-state index contributed by atoms with van der Waals surface area (Å²) in [6.45, 7) is 6.02. The number of carbonyl (C=O) groups excluding carboxylic acids is 1. The van der Waals surface area contributed by atoms with Gasteiger partial charge in [0.15, 0.2) is 5.65 Å². The van der Waals surface area contributed by atoms with E-state index < -0.39 is 0 Å². The molecule has 0 unspecified atom stereocenters. The summed E-state index contributed by atoms with van der Waals surface area (Å²) >= 11 is 0. The third-order valence-electron chi connectivity index (χ3n) is 3.51. The summed E-state index contributed by atoms with van der Waals surface area (Å²) in [5.41, 5.74) is 0.358. The fourth-order valence-corrected chi connectivity index (χ4v) is 2.47. The van der Waals surface area contributed by atoms with Gasteiger partial charge in [0.05, 0.1) is 26.3 Å². The minimum atomic E-state index is -0.248. The van der Waals surface area contributed by atoms with Gasteiger partial charge < -0.3 is 9.72 Å². The third-order valence-corrected chi connectivity index (χ3v) is 3.51. The van der Waals surface area contributed by atoms with Crippen molar-refractivity contribution in [2.75, 3.05) is 20.2 Å². The van der Waals surface area contributed by atoms with Gasteiger partial charge in [0.2, 0.25) is 0 Å². The Morgan fingerprint density at radius 3 is 2.87 bits per heavy atom. The molecule has 0 aliphatic rings. The molecule has 0 atom stereocenters. The van der Waals surface area contributed by atoms with Crippen LogP contribution in [0.25, 0.3) is 11.0 Å². The number of hydrogen-bond donors (Lipinski definition) is 1. The lowest BCUT2D eigenvalue weighted by Gasteiger charge is -2.23. The van der Waals surface area contributed by atoms with E-state index in [1.165, 1.54) is 13.3 Å². The maximum atomic E-state index is 12.1. The lowest BCUT2D eigenvalue weighted by atomic mass is 10.2. The van der Waals surface area contributed by atoms with Crippen molar-refractivity contribution in [1.82, 2.24) is 24.6 Å². The van der Waals surface area contributed by atoms with Gasteiger partial charge in [-0.05, 0) is 5.92 Å². The minimum absolute atomic E-state index is 0.199. The van der Waals surface area contributed by atoms with Crippen LogP contribution in [-0.2, 0) is 23.1 Å². The van der Waals surface area contributed by atoms with Crippen LogP contribution in [0.1, 0.15) is 26.1 Å². The van der Waals surface area contributed by atoms with Gasteiger partial charge in [-0.1, -0.05) is 13.8 Å². The van der Waals surface area contributed by atoms with Gasteiger partial charge in [0.25, 0.3) is 5.56 Å². The van der Waals surface area contributed by atoms with E-state index in [-0.39, 0.29) is 11.5 Å². The Bertz CT molecular complexity index is 734. The van der Waals surface area contributed by atoms with E-state index in [9.17, 15) is 9.59 Å². The van der Waals surface area contributed by atoms with Gasteiger partial charge in [-0.25, -0.2) is 4.98 Å². The summed E-state index contributed by atoms with van der Waals surface area (Å²) in [6.07, 6.45) is 1.81. The Kier molecular flexibility index (Phi) is 5.49. The highest BCUT2D eigenvalue weighted by atomic mass is 16.5. The molecule has 0 amide bonds. The zero-order valence-electron chi connectivity index (χ0n) is 14.0. The molecule has 8 nitrogen and oxygen atoms in total. The normalized spacial score (nSPS) is 11.6. The number of H-pyrrole nitrogens is 1. The molecule has 1 N–H and O–H groups in total. The predicted octanol–water partition coefficient (Wildman–Crippen LogP) is 0.678. The molecule has 0 aromatic carbocycles. The standard InChI is InChI=1S/C15H23N5O3/c1-10(2)8-20(6-5-13(21)23-4)9-12-17-14-11(15(22)18-12)7-16-19(14)3/h7,10H,5-6,8-9H2,1-4H3,(H,17,18,22). The molecule has 126 valence electrons. The van der Waals surface area contributed by atoms with Crippen molar-refractivity contribution >= 4 is 17.0 Å². The highest BCUT2D eigenvalue weighted by molar-refractivity contribution is 5.72. The van der Waals surface area contributed by atoms with Crippen LogP contribution in [0.3, 0.4) is 0 Å². The van der Waals surface area contributed by atoms with E-state index in [1.807, 2.05) is 0 Å². The summed E-state index contributed by atoms with van der Waals surface area (Å²) in [5, 5.41) is 4.53. The lowest BCUT2D eigenvalue weighted by molar-refractivity contribution is -0.141. The second-order valence-corrected chi connectivity index (χ2v) is 5.97. The summed E-state index contributed by atoms with van der Waals surface area (Å²) in [6, 6.07) is 0. The first-order valence-electron chi connectivity index (χ1n) is 7.60. The Balaban J connectivity index is 2.19. The molecule has 23 heavy (non-hydrogen) atoms. The number of hydrogen-bond acceptors (Lipinski definition) is 6. The molecule has 0 aliphatic carbocycles. The topological polar surface area (TPSA) is 93.1 Å². The van der Waals surface area contributed by atoms with Crippen LogP contribution >= 0.6 is 0 Å². The second-order valence-electron chi connectivity index (χ2n) is 5.97. The summed E-state index contributed by atoms with van der Waals surface area (Å²) in [5.74, 6) is 0.749. The van der Waals surface area contributed by atoms with Crippen LogP contribution in [0.4, 0.5) is 0 Å². The molecule has 2 heterocycles. The number of aromatic nitrogens is 4. The average Bonchev–Trinajstić information content (AvgIpc) is 2.86. The molecule has 0 saturated carbocycles. The van der Waals surface area contributed by atoms with Crippen molar-refractivity contribution in [2.45, 2.75) is 26.8 Å². The molecule has 0 spiro atoms. The van der Waals surface area contributed by atoms with Crippen LogP contribution in [0.5, 0.6) is 0 Å². The summed E-state index contributed by atoms with van der Waals surface area (Å²) in [7, 11) is 3.13. The van der Waals surface area contributed by atoms with Gasteiger partial charge in [-0.2, -0.15) is 5.10 Å². The lowest BCUT2D eigenvalue weighted by Crippen LogP contribution is -2.31. The third kappa shape index (κ3) is 4.38. The monoisotopic (exact) mass is 321 g/mol. The van der Waals surface area contributed by atoms with E-state index in [0.29, 0.717) is 42.3 Å². The number of nitrogens with zero attached hydrogens (tertiary/aromatic N) is 4. The molecule has 0 radical (unpaired) electrons. The number of aryl methyl sites for hydroxylation is 1. The molecule has 2 aromatic rings. The number of esters is 1. The molecule has 0 saturated heterocycles. The molecule has 2 aromatic heterocycles. The minimum Gasteiger partial charge on any atom is -0.469 e. The van der Waals surface area contributed by atoms with E-state index in [4.69, 9.17) is 0 Å². The number of rotatable bonds is 7. The fourth-order valence-electron chi connectivity index (χ4n) is 2.47. The molecule has 0 aliphatic heterocycles. The van der Waals surface area contributed by atoms with Gasteiger partial charge in [-0.3, -0.25) is 19.2 Å². The summed E-state index contributed by atoms with van der Waals surface area (Å²) < 4.78 is 6.27.